The second kappa shape index (κ2) is 10.2. The Balaban J connectivity index is 1.56. The van der Waals surface area contributed by atoms with Crippen LogP contribution in [0.5, 0.6) is 5.75 Å². The summed E-state index contributed by atoms with van der Waals surface area (Å²) in [5, 5.41) is 9.10. The fourth-order valence-corrected chi connectivity index (χ4v) is 5.31. The molecule has 33 heavy (non-hydrogen) atoms. The second-order valence-corrected chi connectivity index (χ2v) is 9.76. The van der Waals surface area contributed by atoms with Crippen LogP contribution in [0.3, 0.4) is 0 Å². The number of sulfonamides is 1. The molecule has 1 saturated carbocycles. The molecule has 1 aliphatic carbocycles. The van der Waals surface area contributed by atoms with Crippen molar-refractivity contribution in [2.45, 2.75) is 49.5 Å². The third-order valence-corrected chi connectivity index (χ3v) is 7.14. The Morgan fingerprint density at radius 1 is 1.18 bits per heavy atom. The van der Waals surface area contributed by atoms with Crippen molar-refractivity contribution < 1.29 is 17.9 Å². The zero-order valence-corrected chi connectivity index (χ0v) is 19.4. The quantitative estimate of drug-likeness (QED) is 0.496. The lowest BCUT2D eigenvalue weighted by atomic mass is 9.95. The summed E-state index contributed by atoms with van der Waals surface area (Å²) in [7, 11) is -2.22. The van der Waals surface area contributed by atoms with Crippen LogP contribution >= 0.6 is 0 Å². The van der Waals surface area contributed by atoms with Crippen molar-refractivity contribution in [1.82, 2.24) is 10.3 Å². The van der Waals surface area contributed by atoms with E-state index >= 15 is 0 Å². The number of nitrogens with zero attached hydrogens (tertiary/aromatic N) is 3. The number of methoxy groups -OCH3 is 1. The lowest BCUT2D eigenvalue weighted by Crippen LogP contribution is -2.38. The molecular weight excluding hydrogens is 440 g/mol. The molecule has 0 saturated heterocycles. The molecule has 1 N–H and O–H groups in total. The lowest BCUT2D eigenvalue weighted by Gasteiger charge is -2.24. The fourth-order valence-electron chi connectivity index (χ4n) is 4.11. The number of amidine groups is 1. The zero-order chi connectivity index (χ0) is 23.3. The van der Waals surface area contributed by atoms with Crippen molar-refractivity contribution in [1.29, 1.82) is 0 Å². The molecule has 0 bridgehead atoms. The highest BCUT2D eigenvalue weighted by atomic mass is 32.2. The number of ether oxygens (including phenoxy) is 1. The number of amides is 1. The first-order valence-corrected chi connectivity index (χ1v) is 12.6. The van der Waals surface area contributed by atoms with E-state index in [1.807, 2.05) is 24.3 Å². The molecule has 1 heterocycles. The number of hydrazone groups is 1. The van der Waals surface area contributed by atoms with E-state index in [1.54, 1.807) is 31.5 Å². The zero-order valence-electron chi connectivity index (χ0n) is 18.6. The van der Waals surface area contributed by atoms with Crippen molar-refractivity contribution in [3.8, 4) is 5.75 Å². The normalized spacial score (nSPS) is 17.4. The van der Waals surface area contributed by atoms with Gasteiger partial charge in [0, 0.05) is 18.0 Å². The molecule has 9 heteroatoms. The van der Waals surface area contributed by atoms with E-state index in [2.05, 4.69) is 14.8 Å². The number of benzene rings is 2. The summed E-state index contributed by atoms with van der Waals surface area (Å²) in [5.41, 5.74) is 1.26. The first-order valence-electron chi connectivity index (χ1n) is 11.2. The third-order valence-electron chi connectivity index (χ3n) is 5.82. The van der Waals surface area contributed by atoms with Gasteiger partial charge in [0.1, 0.15) is 10.6 Å². The van der Waals surface area contributed by atoms with E-state index in [0.717, 1.165) is 31.2 Å². The van der Waals surface area contributed by atoms with Gasteiger partial charge in [0.05, 0.1) is 19.9 Å². The van der Waals surface area contributed by atoms with Gasteiger partial charge in [0.15, 0.2) is 5.84 Å². The summed E-state index contributed by atoms with van der Waals surface area (Å²) in [5.74, 6) is 0.830. The van der Waals surface area contributed by atoms with Gasteiger partial charge in [-0.25, -0.2) is 5.01 Å². The number of nitrogens with one attached hydrogen (secondary N) is 1. The summed E-state index contributed by atoms with van der Waals surface area (Å²) in [6, 6.07) is 14.2. The van der Waals surface area contributed by atoms with E-state index in [4.69, 9.17) is 4.74 Å². The van der Waals surface area contributed by atoms with Crippen LogP contribution in [0.4, 0.5) is 0 Å². The highest BCUT2D eigenvalue weighted by Crippen LogP contribution is 2.28. The SMILES string of the molecule is COc1cccc(C=NN(CCC(=O)NC2CCCCC2)C2=NS(=O)(=O)c3ccccc32)c1. The minimum atomic E-state index is -3.80. The maximum Gasteiger partial charge on any atom is 0.285 e. The molecule has 1 amide bonds. The topological polar surface area (TPSA) is 100 Å². The first-order chi connectivity index (χ1) is 16.0. The Morgan fingerprint density at radius 2 is 1.97 bits per heavy atom. The Labute approximate surface area is 194 Å². The molecule has 0 radical (unpaired) electrons. The van der Waals surface area contributed by atoms with Crippen molar-refractivity contribution in [2.75, 3.05) is 13.7 Å². The molecule has 174 valence electrons. The van der Waals surface area contributed by atoms with Crippen molar-refractivity contribution in [3.63, 3.8) is 0 Å². The number of fused-ring (bicyclic) bond motifs is 1. The monoisotopic (exact) mass is 468 g/mol. The number of hydrogen-bond donors (Lipinski definition) is 1. The van der Waals surface area contributed by atoms with Crippen LogP contribution in [0, 0.1) is 0 Å². The van der Waals surface area contributed by atoms with E-state index in [-0.39, 0.29) is 35.6 Å². The van der Waals surface area contributed by atoms with Gasteiger partial charge >= 0.3 is 0 Å². The molecule has 0 spiro atoms. The van der Waals surface area contributed by atoms with Gasteiger partial charge in [-0.2, -0.15) is 13.5 Å². The molecule has 1 aliphatic heterocycles. The van der Waals surface area contributed by atoms with Crippen molar-refractivity contribution >= 4 is 28.0 Å². The summed E-state index contributed by atoms with van der Waals surface area (Å²) in [6.07, 6.45) is 7.27. The van der Waals surface area contributed by atoms with E-state index in [0.29, 0.717) is 11.3 Å². The predicted molar refractivity (Wildman–Crippen MR) is 127 cm³/mol. The maximum atomic E-state index is 12.6. The number of carbonyl (C=O) groups is 1. The Hall–Kier alpha value is -3.20. The minimum absolute atomic E-state index is 0.0711. The molecule has 2 aromatic carbocycles. The van der Waals surface area contributed by atoms with Gasteiger partial charge in [0.25, 0.3) is 10.0 Å². The third kappa shape index (κ3) is 5.60. The molecular formula is C24H28N4O4S. The maximum absolute atomic E-state index is 12.6. The number of hydrogen-bond acceptors (Lipinski definition) is 6. The molecule has 0 aromatic heterocycles. The average molecular weight is 469 g/mol. The van der Waals surface area contributed by atoms with Gasteiger partial charge in [-0.15, -0.1) is 4.40 Å². The van der Waals surface area contributed by atoms with Crippen LogP contribution in [0.1, 0.15) is 49.7 Å². The number of rotatable bonds is 7. The van der Waals surface area contributed by atoms with Crippen molar-refractivity contribution in [3.05, 3.63) is 59.7 Å². The molecule has 2 aliphatic rings. The summed E-state index contributed by atoms with van der Waals surface area (Å²) < 4.78 is 34.4. The van der Waals surface area contributed by atoms with E-state index < -0.39 is 10.0 Å². The minimum Gasteiger partial charge on any atom is -0.497 e. The van der Waals surface area contributed by atoms with Crippen molar-refractivity contribution in [2.24, 2.45) is 9.50 Å². The summed E-state index contributed by atoms with van der Waals surface area (Å²) >= 11 is 0. The molecule has 0 unspecified atom stereocenters. The largest absolute Gasteiger partial charge is 0.497 e. The van der Waals surface area contributed by atoms with Gasteiger partial charge in [-0.1, -0.05) is 43.5 Å². The Kier molecular flexibility index (Phi) is 7.08. The van der Waals surface area contributed by atoms with Crippen LogP contribution < -0.4 is 10.1 Å². The van der Waals surface area contributed by atoms with E-state index in [1.165, 1.54) is 17.5 Å². The van der Waals surface area contributed by atoms with Crippen LogP contribution in [0.15, 0.2) is 62.9 Å². The van der Waals surface area contributed by atoms with Gasteiger partial charge < -0.3 is 10.1 Å². The second-order valence-electron chi connectivity index (χ2n) is 8.18. The standard InChI is InChI=1S/C24H28N4O4S/c1-32-20-11-7-8-18(16-20)17-25-28(15-14-23(29)26-19-9-3-2-4-10-19)24-21-12-5-6-13-22(21)33(30,31)27-24/h5-8,11-13,16-17,19H,2-4,9-10,14-15H2,1H3,(H,26,29). The number of carbonyl (C=O) groups excluding carboxylic acids is 1. The fraction of sp³-hybridized carbons (Fsp3) is 0.375. The lowest BCUT2D eigenvalue weighted by molar-refractivity contribution is -0.122. The molecule has 0 atom stereocenters. The molecule has 8 nitrogen and oxygen atoms in total. The summed E-state index contributed by atoms with van der Waals surface area (Å²) in [6.45, 7) is 0.196. The highest BCUT2D eigenvalue weighted by Gasteiger charge is 2.32. The highest BCUT2D eigenvalue weighted by molar-refractivity contribution is 7.90. The average Bonchev–Trinajstić information content (AvgIpc) is 3.11. The van der Waals surface area contributed by atoms with E-state index in [9.17, 15) is 13.2 Å². The van der Waals surface area contributed by atoms with Crippen LogP contribution in [-0.4, -0.2) is 51.1 Å². The van der Waals surface area contributed by atoms with Crippen LogP contribution in [0.2, 0.25) is 0 Å². The summed E-state index contributed by atoms with van der Waals surface area (Å²) in [4.78, 5) is 12.7. The predicted octanol–water partition coefficient (Wildman–Crippen LogP) is 3.32. The molecule has 2 aromatic rings. The van der Waals surface area contributed by atoms with Gasteiger partial charge in [-0.05, 0) is 42.7 Å². The molecule has 4 rings (SSSR count). The van der Waals surface area contributed by atoms with Crippen LogP contribution in [-0.2, 0) is 14.8 Å². The van der Waals surface area contributed by atoms with Crippen LogP contribution in [0.25, 0.3) is 0 Å². The first kappa shape index (κ1) is 23.0. The smallest absolute Gasteiger partial charge is 0.285 e. The Morgan fingerprint density at radius 3 is 2.76 bits per heavy atom. The van der Waals surface area contributed by atoms with Gasteiger partial charge in [0.2, 0.25) is 5.91 Å². The molecule has 1 fully saturated rings. The Bertz CT molecular complexity index is 1170. The van der Waals surface area contributed by atoms with Gasteiger partial charge in [-0.3, -0.25) is 4.79 Å².